The summed E-state index contributed by atoms with van der Waals surface area (Å²) in [5, 5.41) is 17.8. The molecule has 2 amide bonds. The molecule has 1 aromatic rings. The molecule has 1 unspecified atom stereocenters. The zero-order chi connectivity index (χ0) is 16.8. The van der Waals surface area contributed by atoms with Gasteiger partial charge in [0.15, 0.2) is 0 Å². The molecule has 2 rings (SSSR count). The number of hydrogen-bond donors (Lipinski definition) is 4. The zero-order valence-electron chi connectivity index (χ0n) is 13.6. The number of rotatable bonds is 6. The van der Waals surface area contributed by atoms with Crippen LogP contribution in [0.5, 0.6) is 0 Å². The molecule has 1 saturated heterocycles. The van der Waals surface area contributed by atoms with E-state index < -0.39 is 6.04 Å². The van der Waals surface area contributed by atoms with Gasteiger partial charge >= 0.3 is 0 Å². The first kappa shape index (κ1) is 17.4. The summed E-state index contributed by atoms with van der Waals surface area (Å²) in [7, 11) is 0. The Bertz CT molecular complexity index is 537. The number of hydrogen-bond acceptors (Lipinski definition) is 4. The first-order chi connectivity index (χ1) is 11.0. The molecule has 6 heteroatoms. The van der Waals surface area contributed by atoms with Crippen molar-refractivity contribution in [3.05, 3.63) is 29.8 Å². The van der Waals surface area contributed by atoms with Crippen molar-refractivity contribution in [3.63, 3.8) is 0 Å². The Morgan fingerprint density at radius 1 is 1.30 bits per heavy atom. The molecule has 126 valence electrons. The fourth-order valence-electron chi connectivity index (χ4n) is 2.61. The monoisotopic (exact) mass is 319 g/mol. The molecule has 1 aromatic carbocycles. The van der Waals surface area contributed by atoms with Gasteiger partial charge in [0.25, 0.3) is 0 Å². The average molecular weight is 319 g/mol. The second kappa shape index (κ2) is 8.08. The van der Waals surface area contributed by atoms with Gasteiger partial charge in [-0.3, -0.25) is 9.59 Å². The third-order valence-electron chi connectivity index (χ3n) is 4.03. The van der Waals surface area contributed by atoms with E-state index >= 15 is 0 Å². The second-order valence-corrected chi connectivity index (χ2v) is 6.22. The van der Waals surface area contributed by atoms with E-state index in [1.54, 1.807) is 24.3 Å². The van der Waals surface area contributed by atoms with Gasteiger partial charge in [0, 0.05) is 5.69 Å². The predicted octanol–water partition coefficient (Wildman–Crippen LogP) is 1.01. The molecule has 0 bridgehead atoms. The van der Waals surface area contributed by atoms with Crippen LogP contribution in [0.4, 0.5) is 5.69 Å². The highest BCUT2D eigenvalue weighted by atomic mass is 16.3. The topological polar surface area (TPSA) is 90.5 Å². The Morgan fingerprint density at radius 3 is 2.52 bits per heavy atom. The van der Waals surface area contributed by atoms with Crippen LogP contribution in [-0.2, 0) is 16.2 Å². The fourth-order valence-corrected chi connectivity index (χ4v) is 2.61. The van der Waals surface area contributed by atoms with Crippen LogP contribution < -0.4 is 16.0 Å². The summed E-state index contributed by atoms with van der Waals surface area (Å²) in [4.78, 5) is 24.7. The van der Waals surface area contributed by atoms with Crippen LogP contribution in [0.25, 0.3) is 0 Å². The first-order valence-electron chi connectivity index (χ1n) is 8.05. The molecule has 0 radical (unpaired) electrons. The van der Waals surface area contributed by atoms with E-state index in [4.69, 9.17) is 5.11 Å². The highest BCUT2D eigenvalue weighted by Crippen LogP contribution is 2.13. The van der Waals surface area contributed by atoms with Crippen molar-refractivity contribution in [1.29, 1.82) is 0 Å². The molecule has 0 spiro atoms. The number of amides is 2. The summed E-state index contributed by atoms with van der Waals surface area (Å²) in [5.74, 6) is -0.368. The standard InChI is InChI=1S/C17H25N3O3/c1-11(2)15(20-16(22)14-4-3-9-18-14)17(23)19-13-7-5-12(10-21)6-8-13/h5-8,11,14-15,18,21H,3-4,9-10H2,1-2H3,(H,19,23)(H,20,22)/t14-,15?/m0/s1. The van der Waals surface area contributed by atoms with Crippen molar-refractivity contribution in [2.75, 3.05) is 11.9 Å². The fraction of sp³-hybridized carbons (Fsp3) is 0.529. The maximum absolute atomic E-state index is 12.5. The molecule has 1 fully saturated rings. The van der Waals surface area contributed by atoms with Gasteiger partial charge in [0.1, 0.15) is 6.04 Å². The maximum atomic E-state index is 12.5. The summed E-state index contributed by atoms with van der Waals surface area (Å²) >= 11 is 0. The van der Waals surface area contributed by atoms with Crippen LogP contribution >= 0.6 is 0 Å². The third kappa shape index (κ3) is 4.77. The molecule has 0 aliphatic carbocycles. The van der Waals surface area contributed by atoms with E-state index in [2.05, 4.69) is 16.0 Å². The van der Waals surface area contributed by atoms with Crippen LogP contribution in [0.15, 0.2) is 24.3 Å². The minimum absolute atomic E-state index is 0.0166. The summed E-state index contributed by atoms with van der Waals surface area (Å²) in [6.45, 7) is 4.62. The molecule has 4 N–H and O–H groups in total. The Kier molecular flexibility index (Phi) is 6.12. The van der Waals surface area contributed by atoms with Gasteiger partial charge in [0.05, 0.1) is 12.6 Å². The summed E-state index contributed by atoms with van der Waals surface area (Å²) in [5.41, 5.74) is 1.43. The summed E-state index contributed by atoms with van der Waals surface area (Å²) in [6.07, 6.45) is 1.79. The highest BCUT2D eigenvalue weighted by molar-refractivity contribution is 5.98. The molecular formula is C17H25N3O3. The van der Waals surface area contributed by atoms with Gasteiger partial charge in [-0.1, -0.05) is 26.0 Å². The lowest BCUT2D eigenvalue weighted by Gasteiger charge is -2.23. The SMILES string of the molecule is CC(C)C(NC(=O)[C@@H]1CCCN1)C(=O)Nc1ccc(CO)cc1. The molecule has 1 aliphatic rings. The Labute approximate surface area is 136 Å². The minimum Gasteiger partial charge on any atom is -0.392 e. The van der Waals surface area contributed by atoms with E-state index in [1.165, 1.54) is 0 Å². The first-order valence-corrected chi connectivity index (χ1v) is 8.05. The number of aliphatic hydroxyl groups excluding tert-OH is 1. The normalized spacial score (nSPS) is 18.7. The predicted molar refractivity (Wildman–Crippen MR) is 88.8 cm³/mol. The highest BCUT2D eigenvalue weighted by Gasteiger charge is 2.29. The number of benzene rings is 1. The largest absolute Gasteiger partial charge is 0.392 e. The molecule has 0 saturated carbocycles. The van der Waals surface area contributed by atoms with Crippen molar-refractivity contribution in [1.82, 2.24) is 10.6 Å². The second-order valence-electron chi connectivity index (χ2n) is 6.22. The van der Waals surface area contributed by atoms with Gasteiger partial charge in [-0.25, -0.2) is 0 Å². The van der Waals surface area contributed by atoms with E-state index in [-0.39, 0.29) is 30.4 Å². The van der Waals surface area contributed by atoms with Crippen molar-refractivity contribution < 1.29 is 14.7 Å². The summed E-state index contributed by atoms with van der Waals surface area (Å²) < 4.78 is 0. The quantitative estimate of drug-likeness (QED) is 0.630. The van der Waals surface area contributed by atoms with Crippen molar-refractivity contribution in [2.45, 2.75) is 45.4 Å². The van der Waals surface area contributed by atoms with Crippen LogP contribution in [0.2, 0.25) is 0 Å². The number of aliphatic hydroxyl groups is 1. The smallest absolute Gasteiger partial charge is 0.247 e. The van der Waals surface area contributed by atoms with Crippen LogP contribution in [0, 0.1) is 5.92 Å². The number of anilines is 1. The minimum atomic E-state index is -0.581. The van der Waals surface area contributed by atoms with Crippen molar-refractivity contribution >= 4 is 17.5 Å². The lowest BCUT2D eigenvalue weighted by atomic mass is 10.0. The molecule has 6 nitrogen and oxygen atoms in total. The van der Waals surface area contributed by atoms with E-state index in [9.17, 15) is 9.59 Å². The van der Waals surface area contributed by atoms with Crippen LogP contribution in [-0.4, -0.2) is 35.5 Å². The van der Waals surface area contributed by atoms with Gasteiger partial charge in [-0.2, -0.15) is 0 Å². The molecular weight excluding hydrogens is 294 g/mol. The van der Waals surface area contributed by atoms with Gasteiger partial charge in [-0.15, -0.1) is 0 Å². The lowest BCUT2D eigenvalue weighted by molar-refractivity contribution is -0.128. The lowest BCUT2D eigenvalue weighted by Crippen LogP contribution is -2.52. The van der Waals surface area contributed by atoms with E-state index in [0.717, 1.165) is 24.9 Å². The van der Waals surface area contributed by atoms with Crippen LogP contribution in [0.1, 0.15) is 32.3 Å². The molecule has 1 aliphatic heterocycles. The Morgan fingerprint density at radius 2 is 2.00 bits per heavy atom. The maximum Gasteiger partial charge on any atom is 0.247 e. The molecule has 23 heavy (non-hydrogen) atoms. The van der Waals surface area contributed by atoms with Gasteiger partial charge in [0.2, 0.25) is 11.8 Å². The summed E-state index contributed by atoms with van der Waals surface area (Å²) in [6, 6.07) is 6.19. The molecule has 0 aromatic heterocycles. The number of nitrogens with one attached hydrogen (secondary N) is 3. The zero-order valence-corrected chi connectivity index (χ0v) is 13.6. The molecule has 1 heterocycles. The van der Waals surface area contributed by atoms with E-state index in [1.807, 2.05) is 13.8 Å². The Balaban J connectivity index is 1.98. The number of carbonyl (C=O) groups is 2. The van der Waals surface area contributed by atoms with Crippen LogP contribution in [0.3, 0.4) is 0 Å². The number of carbonyl (C=O) groups excluding carboxylic acids is 2. The van der Waals surface area contributed by atoms with E-state index in [0.29, 0.717) is 5.69 Å². The Hall–Kier alpha value is -1.92. The third-order valence-corrected chi connectivity index (χ3v) is 4.03. The van der Waals surface area contributed by atoms with Crippen molar-refractivity contribution in [2.24, 2.45) is 5.92 Å². The molecule has 2 atom stereocenters. The van der Waals surface area contributed by atoms with Crippen molar-refractivity contribution in [3.8, 4) is 0 Å². The van der Waals surface area contributed by atoms with Gasteiger partial charge < -0.3 is 21.1 Å². The average Bonchev–Trinajstić information content (AvgIpc) is 3.07. The van der Waals surface area contributed by atoms with Gasteiger partial charge in [-0.05, 0) is 43.0 Å².